The number of nitrogens with zero attached hydrogens (tertiary/aromatic N) is 2. The van der Waals surface area contributed by atoms with E-state index >= 15 is 0 Å². The summed E-state index contributed by atoms with van der Waals surface area (Å²) in [6, 6.07) is 5.00. The maximum Gasteiger partial charge on any atom is 0.270 e. The molecule has 0 fully saturated rings. The van der Waals surface area contributed by atoms with E-state index in [9.17, 15) is 4.79 Å². The summed E-state index contributed by atoms with van der Waals surface area (Å²) in [4.78, 5) is 15.9. The first kappa shape index (κ1) is 13.0. The van der Waals surface area contributed by atoms with Crippen LogP contribution in [-0.2, 0) is 0 Å². The van der Waals surface area contributed by atoms with Gasteiger partial charge in [0.25, 0.3) is 5.91 Å². The monoisotopic (exact) mass is 236 g/mol. The minimum atomic E-state index is -0.271. The zero-order chi connectivity index (χ0) is 12.8. The van der Waals surface area contributed by atoms with Crippen LogP contribution in [0, 0.1) is 6.92 Å². The molecule has 0 saturated heterocycles. The molecular weight excluding hydrogens is 220 g/mol. The van der Waals surface area contributed by atoms with E-state index in [1.807, 2.05) is 13.0 Å². The lowest BCUT2D eigenvalue weighted by Crippen LogP contribution is -2.36. The number of nitrogens with two attached hydrogens (primary N) is 1. The number of pyridine rings is 1. The second-order valence-corrected chi connectivity index (χ2v) is 3.83. The van der Waals surface area contributed by atoms with Crippen molar-refractivity contribution < 1.29 is 10.0 Å². The van der Waals surface area contributed by atoms with Crippen LogP contribution in [0.25, 0.3) is 0 Å². The number of amides is 1. The summed E-state index contributed by atoms with van der Waals surface area (Å²) in [5.74, 6) is -0.193. The number of hydrogen-bond donors (Lipinski definition) is 3. The van der Waals surface area contributed by atoms with Gasteiger partial charge in [-0.25, -0.2) is 4.98 Å². The second-order valence-electron chi connectivity index (χ2n) is 3.83. The molecular formula is C11H16N4O2. The van der Waals surface area contributed by atoms with Crippen molar-refractivity contribution in [1.82, 2.24) is 10.3 Å². The first-order valence-corrected chi connectivity index (χ1v) is 5.24. The van der Waals surface area contributed by atoms with Crippen LogP contribution in [-0.4, -0.2) is 28.0 Å². The van der Waals surface area contributed by atoms with Crippen molar-refractivity contribution in [2.75, 3.05) is 0 Å². The van der Waals surface area contributed by atoms with Gasteiger partial charge in [0, 0.05) is 18.2 Å². The summed E-state index contributed by atoms with van der Waals surface area (Å²) in [6.45, 7) is 3.59. The van der Waals surface area contributed by atoms with Crippen LogP contribution in [0.5, 0.6) is 0 Å². The minimum Gasteiger partial charge on any atom is -0.409 e. The van der Waals surface area contributed by atoms with Crippen LogP contribution in [0.15, 0.2) is 23.4 Å². The Labute approximate surface area is 99.5 Å². The van der Waals surface area contributed by atoms with Crippen LogP contribution in [0.2, 0.25) is 0 Å². The Hall–Kier alpha value is -2.11. The third-order valence-electron chi connectivity index (χ3n) is 2.14. The summed E-state index contributed by atoms with van der Waals surface area (Å²) in [5.41, 5.74) is 6.48. The molecule has 1 heterocycles. The molecule has 0 aromatic carbocycles. The highest BCUT2D eigenvalue weighted by Gasteiger charge is 2.12. The zero-order valence-electron chi connectivity index (χ0n) is 9.84. The van der Waals surface area contributed by atoms with Gasteiger partial charge in [-0.1, -0.05) is 11.2 Å². The highest BCUT2D eigenvalue weighted by Crippen LogP contribution is 1.99. The Kier molecular flexibility index (Phi) is 4.45. The molecule has 17 heavy (non-hydrogen) atoms. The topological polar surface area (TPSA) is 101 Å². The molecule has 92 valence electrons. The van der Waals surface area contributed by atoms with Crippen molar-refractivity contribution in [3.05, 3.63) is 29.6 Å². The number of aryl methyl sites for hydroxylation is 1. The molecule has 0 spiro atoms. The van der Waals surface area contributed by atoms with Crippen molar-refractivity contribution in [3.63, 3.8) is 0 Å². The number of carbonyl (C=O) groups is 1. The van der Waals surface area contributed by atoms with E-state index in [0.717, 1.165) is 5.69 Å². The Balaban J connectivity index is 2.60. The van der Waals surface area contributed by atoms with Crippen LogP contribution >= 0.6 is 0 Å². The normalized spacial score (nSPS) is 13.2. The average molecular weight is 236 g/mol. The molecule has 0 aliphatic heterocycles. The molecule has 1 unspecified atom stereocenters. The summed E-state index contributed by atoms with van der Waals surface area (Å²) >= 11 is 0. The molecule has 0 aliphatic rings. The molecule has 1 rings (SSSR count). The lowest BCUT2D eigenvalue weighted by atomic mass is 10.2. The molecule has 6 heteroatoms. The Morgan fingerprint density at radius 2 is 2.35 bits per heavy atom. The van der Waals surface area contributed by atoms with Crippen molar-refractivity contribution in [3.8, 4) is 0 Å². The van der Waals surface area contributed by atoms with Crippen molar-refractivity contribution in [1.29, 1.82) is 0 Å². The first-order chi connectivity index (χ1) is 8.02. The number of hydrogen-bond acceptors (Lipinski definition) is 4. The maximum absolute atomic E-state index is 11.8. The van der Waals surface area contributed by atoms with Gasteiger partial charge >= 0.3 is 0 Å². The molecule has 1 aromatic heterocycles. The van der Waals surface area contributed by atoms with Gasteiger partial charge in [-0.2, -0.15) is 0 Å². The highest BCUT2D eigenvalue weighted by atomic mass is 16.4. The second kappa shape index (κ2) is 5.83. The molecule has 0 bridgehead atoms. The number of amidine groups is 1. The van der Waals surface area contributed by atoms with E-state index in [1.54, 1.807) is 19.1 Å². The van der Waals surface area contributed by atoms with Crippen LogP contribution in [0.1, 0.15) is 29.5 Å². The number of aromatic nitrogens is 1. The largest absolute Gasteiger partial charge is 0.409 e. The summed E-state index contributed by atoms with van der Waals surface area (Å²) in [5, 5.41) is 14.0. The fourth-order valence-corrected chi connectivity index (χ4v) is 1.37. The fraction of sp³-hybridized carbons (Fsp3) is 0.364. The highest BCUT2D eigenvalue weighted by molar-refractivity contribution is 5.93. The minimum absolute atomic E-state index is 0.0787. The number of nitrogens with one attached hydrogen (secondary N) is 1. The molecule has 0 aliphatic carbocycles. The molecule has 1 amide bonds. The smallest absolute Gasteiger partial charge is 0.270 e. The summed E-state index contributed by atoms with van der Waals surface area (Å²) < 4.78 is 0. The number of oxime groups is 1. The Morgan fingerprint density at radius 3 is 2.94 bits per heavy atom. The molecule has 1 atom stereocenters. The Bertz CT molecular complexity index is 431. The van der Waals surface area contributed by atoms with Gasteiger partial charge in [0.15, 0.2) is 0 Å². The maximum atomic E-state index is 11.8. The summed E-state index contributed by atoms with van der Waals surface area (Å²) in [7, 11) is 0. The molecule has 0 saturated carbocycles. The third kappa shape index (κ3) is 4.10. The van der Waals surface area contributed by atoms with Crippen LogP contribution in [0.3, 0.4) is 0 Å². The zero-order valence-corrected chi connectivity index (χ0v) is 9.84. The van der Waals surface area contributed by atoms with Gasteiger partial charge in [-0.15, -0.1) is 0 Å². The average Bonchev–Trinajstić information content (AvgIpc) is 2.28. The van der Waals surface area contributed by atoms with E-state index in [0.29, 0.717) is 5.69 Å². The van der Waals surface area contributed by atoms with Crippen molar-refractivity contribution in [2.45, 2.75) is 26.3 Å². The molecule has 6 nitrogen and oxygen atoms in total. The number of rotatable bonds is 4. The molecule has 1 aromatic rings. The third-order valence-corrected chi connectivity index (χ3v) is 2.14. The Morgan fingerprint density at radius 1 is 1.65 bits per heavy atom. The van der Waals surface area contributed by atoms with E-state index in [4.69, 9.17) is 10.9 Å². The van der Waals surface area contributed by atoms with Crippen LogP contribution < -0.4 is 11.1 Å². The van der Waals surface area contributed by atoms with Gasteiger partial charge in [0.2, 0.25) is 0 Å². The van der Waals surface area contributed by atoms with Crippen molar-refractivity contribution in [2.24, 2.45) is 10.9 Å². The first-order valence-electron chi connectivity index (χ1n) is 5.24. The van der Waals surface area contributed by atoms with E-state index in [-0.39, 0.29) is 24.2 Å². The van der Waals surface area contributed by atoms with Gasteiger partial charge in [-0.05, 0) is 26.0 Å². The van der Waals surface area contributed by atoms with Gasteiger partial charge < -0.3 is 16.3 Å². The van der Waals surface area contributed by atoms with E-state index in [1.165, 1.54) is 0 Å². The van der Waals surface area contributed by atoms with Gasteiger partial charge in [-0.3, -0.25) is 4.79 Å². The van der Waals surface area contributed by atoms with E-state index in [2.05, 4.69) is 15.5 Å². The van der Waals surface area contributed by atoms with Gasteiger partial charge in [0.1, 0.15) is 11.5 Å². The van der Waals surface area contributed by atoms with Gasteiger partial charge in [0.05, 0.1) is 0 Å². The van der Waals surface area contributed by atoms with Crippen molar-refractivity contribution >= 4 is 11.7 Å². The quantitative estimate of drug-likeness (QED) is 0.309. The predicted molar refractivity (Wildman–Crippen MR) is 63.9 cm³/mol. The summed E-state index contributed by atoms with van der Waals surface area (Å²) in [6.07, 6.45) is 0.286. The lowest BCUT2D eigenvalue weighted by Gasteiger charge is -2.12. The number of carbonyl (C=O) groups excluding carboxylic acids is 1. The predicted octanol–water partition coefficient (Wildman–Crippen LogP) is 0.645. The standard InChI is InChI=1S/C11H16N4O2/c1-7-4-3-5-9(13-7)11(16)14-8(2)6-10(12)15-17/h3-5,8,17H,6H2,1-2H3,(H2,12,15)(H,14,16). The molecule has 0 radical (unpaired) electrons. The molecule has 4 N–H and O–H groups in total. The van der Waals surface area contributed by atoms with Crippen LogP contribution in [0.4, 0.5) is 0 Å². The lowest BCUT2D eigenvalue weighted by molar-refractivity contribution is 0.0936. The van der Waals surface area contributed by atoms with E-state index < -0.39 is 0 Å². The fourth-order valence-electron chi connectivity index (χ4n) is 1.37. The SMILES string of the molecule is Cc1cccc(C(=O)NC(C)CC(N)=NO)n1.